The molecule has 0 unspecified atom stereocenters. The van der Waals surface area contributed by atoms with Crippen molar-refractivity contribution < 1.29 is 9.53 Å². The molecule has 3 rings (SSSR count). The van der Waals surface area contributed by atoms with Crippen molar-refractivity contribution in [2.75, 3.05) is 6.61 Å². The molecule has 0 aliphatic heterocycles. The van der Waals surface area contributed by atoms with Gasteiger partial charge in [-0.15, -0.1) is 0 Å². The molecule has 0 N–H and O–H groups in total. The van der Waals surface area contributed by atoms with E-state index in [-0.39, 0.29) is 11.4 Å². The summed E-state index contributed by atoms with van der Waals surface area (Å²) in [6.45, 7) is 6.54. The maximum absolute atomic E-state index is 10.8. The van der Waals surface area contributed by atoms with Crippen LogP contribution in [0.5, 0.6) is 0 Å². The van der Waals surface area contributed by atoms with E-state index in [1.165, 1.54) is 25.3 Å². The van der Waals surface area contributed by atoms with Crippen molar-refractivity contribution in [3.05, 3.63) is 11.6 Å². The van der Waals surface area contributed by atoms with Crippen molar-refractivity contribution in [2.45, 2.75) is 33.6 Å². The zero-order chi connectivity index (χ0) is 10.3. The monoisotopic (exact) mass is 194 g/mol. The number of allylic oxidation sites excluding steroid dienone is 2. The predicted octanol–water partition coefficient (Wildman–Crippen LogP) is 2.54. The minimum absolute atomic E-state index is 0.155. The lowest BCUT2D eigenvalue weighted by Gasteiger charge is -2.57. The highest BCUT2D eigenvalue weighted by atomic mass is 16.5. The maximum atomic E-state index is 10.8. The van der Waals surface area contributed by atoms with Gasteiger partial charge in [-0.25, -0.2) is 0 Å². The molecular formula is C12H18O2. The summed E-state index contributed by atoms with van der Waals surface area (Å²) in [5, 5.41) is 0. The molecule has 0 saturated heterocycles. The van der Waals surface area contributed by atoms with Gasteiger partial charge in [-0.3, -0.25) is 4.79 Å². The van der Waals surface area contributed by atoms with Gasteiger partial charge in [0.15, 0.2) is 0 Å². The average molecular weight is 194 g/mol. The summed E-state index contributed by atoms with van der Waals surface area (Å²) in [6.07, 6.45) is 4.80. The van der Waals surface area contributed by atoms with Crippen molar-refractivity contribution in [1.29, 1.82) is 0 Å². The summed E-state index contributed by atoms with van der Waals surface area (Å²) in [5.74, 6) is 1.23. The summed E-state index contributed by atoms with van der Waals surface area (Å²) in [4.78, 5) is 10.8. The Hall–Kier alpha value is -0.790. The molecule has 78 valence electrons. The van der Waals surface area contributed by atoms with E-state index in [9.17, 15) is 4.79 Å². The first kappa shape index (κ1) is 9.75. The van der Waals surface area contributed by atoms with Gasteiger partial charge in [0.05, 0.1) is 6.61 Å². The highest BCUT2D eigenvalue weighted by Gasteiger charge is 2.54. The first-order valence-corrected chi connectivity index (χ1v) is 5.34. The third kappa shape index (κ3) is 1.28. The lowest BCUT2D eigenvalue weighted by Crippen LogP contribution is -2.52. The highest BCUT2D eigenvalue weighted by molar-refractivity contribution is 5.66. The van der Waals surface area contributed by atoms with Crippen LogP contribution in [0.25, 0.3) is 0 Å². The van der Waals surface area contributed by atoms with Gasteiger partial charge in [0.1, 0.15) is 0 Å². The predicted molar refractivity (Wildman–Crippen MR) is 54.7 cm³/mol. The van der Waals surface area contributed by atoms with Gasteiger partial charge in [-0.2, -0.15) is 0 Å². The van der Waals surface area contributed by atoms with Gasteiger partial charge < -0.3 is 4.74 Å². The standard InChI is InChI=1S/C12H18O2/c1-8-4-5-10-6-11(8)12(10,3)7-14-9(2)13/h4,10-11H,5-7H2,1-3H3/t10-,11-,12-/m1/s1. The largest absolute Gasteiger partial charge is 0.465 e. The molecule has 1 saturated carbocycles. The van der Waals surface area contributed by atoms with Crippen molar-refractivity contribution in [3.8, 4) is 0 Å². The topological polar surface area (TPSA) is 26.3 Å². The fraction of sp³-hybridized carbons (Fsp3) is 0.750. The molecule has 3 aliphatic carbocycles. The second-order valence-corrected chi connectivity index (χ2v) is 4.96. The third-order valence-corrected chi connectivity index (χ3v) is 4.11. The minimum Gasteiger partial charge on any atom is -0.465 e. The molecule has 0 aromatic rings. The smallest absolute Gasteiger partial charge is 0.302 e. The quantitative estimate of drug-likeness (QED) is 0.499. The highest BCUT2D eigenvalue weighted by Crippen LogP contribution is 2.59. The Morgan fingerprint density at radius 2 is 2.43 bits per heavy atom. The molecule has 3 aliphatic rings. The normalized spacial score (nSPS) is 39.8. The van der Waals surface area contributed by atoms with E-state index in [1.54, 1.807) is 0 Å². The summed E-state index contributed by atoms with van der Waals surface area (Å²) < 4.78 is 5.17. The number of ether oxygens (including phenoxy) is 1. The zero-order valence-electron chi connectivity index (χ0n) is 9.17. The van der Waals surface area contributed by atoms with Crippen LogP contribution < -0.4 is 0 Å². The van der Waals surface area contributed by atoms with E-state index in [1.807, 2.05) is 0 Å². The lowest BCUT2D eigenvalue weighted by atomic mass is 9.48. The van der Waals surface area contributed by atoms with E-state index >= 15 is 0 Å². The van der Waals surface area contributed by atoms with Crippen LogP contribution in [0, 0.1) is 17.3 Å². The molecule has 0 radical (unpaired) electrons. The fourth-order valence-corrected chi connectivity index (χ4v) is 2.96. The van der Waals surface area contributed by atoms with E-state index < -0.39 is 0 Å². The second kappa shape index (κ2) is 3.11. The number of rotatable bonds is 2. The third-order valence-electron chi connectivity index (χ3n) is 4.11. The van der Waals surface area contributed by atoms with Crippen LogP contribution in [0.1, 0.15) is 33.6 Å². The minimum atomic E-state index is -0.155. The Kier molecular flexibility index (Phi) is 2.17. The van der Waals surface area contributed by atoms with Gasteiger partial charge >= 0.3 is 5.97 Å². The Morgan fingerprint density at radius 1 is 1.71 bits per heavy atom. The van der Waals surface area contributed by atoms with E-state index in [2.05, 4.69) is 19.9 Å². The van der Waals surface area contributed by atoms with Crippen LogP contribution in [0.4, 0.5) is 0 Å². The average Bonchev–Trinajstić information content (AvgIpc) is 2.13. The SMILES string of the molecule is CC(=O)OC[C@]1(C)[C@@H]2CC=C(C)[C@H]1C2. The molecule has 2 nitrogen and oxygen atoms in total. The molecule has 0 heterocycles. The van der Waals surface area contributed by atoms with E-state index in [4.69, 9.17) is 4.74 Å². The van der Waals surface area contributed by atoms with Crippen LogP contribution >= 0.6 is 0 Å². The number of hydrogen-bond acceptors (Lipinski definition) is 2. The van der Waals surface area contributed by atoms with Gasteiger partial charge in [0.2, 0.25) is 0 Å². The summed E-state index contributed by atoms with van der Waals surface area (Å²) in [7, 11) is 0. The molecular weight excluding hydrogens is 176 g/mol. The molecule has 0 amide bonds. The first-order valence-electron chi connectivity index (χ1n) is 5.34. The lowest BCUT2D eigenvalue weighted by molar-refractivity contribution is -0.154. The maximum Gasteiger partial charge on any atom is 0.302 e. The molecule has 0 spiro atoms. The molecule has 0 aromatic heterocycles. The van der Waals surface area contributed by atoms with E-state index in [0.717, 1.165) is 5.92 Å². The second-order valence-electron chi connectivity index (χ2n) is 4.96. The van der Waals surface area contributed by atoms with Crippen molar-refractivity contribution >= 4 is 5.97 Å². The summed E-state index contributed by atoms with van der Waals surface area (Å²) in [6, 6.07) is 0. The van der Waals surface area contributed by atoms with Crippen molar-refractivity contribution in [3.63, 3.8) is 0 Å². The Balaban J connectivity index is 2.04. The first-order chi connectivity index (χ1) is 6.54. The molecule has 1 fully saturated rings. The number of carbonyl (C=O) groups is 1. The molecule has 2 bridgehead atoms. The number of hydrogen-bond donors (Lipinski definition) is 0. The molecule has 14 heavy (non-hydrogen) atoms. The van der Waals surface area contributed by atoms with Crippen LogP contribution in [-0.2, 0) is 9.53 Å². The fourth-order valence-electron chi connectivity index (χ4n) is 2.96. The molecule has 0 aromatic carbocycles. The van der Waals surface area contributed by atoms with Crippen molar-refractivity contribution in [1.82, 2.24) is 0 Å². The van der Waals surface area contributed by atoms with E-state index in [0.29, 0.717) is 12.5 Å². The summed E-state index contributed by atoms with van der Waals surface area (Å²) >= 11 is 0. The van der Waals surface area contributed by atoms with Crippen LogP contribution in [0.3, 0.4) is 0 Å². The molecule has 2 heteroatoms. The Morgan fingerprint density at radius 3 is 2.93 bits per heavy atom. The Labute approximate surface area is 85.3 Å². The summed E-state index contributed by atoms with van der Waals surface area (Å²) in [5.41, 5.74) is 1.71. The number of carbonyl (C=O) groups excluding carboxylic acids is 1. The van der Waals surface area contributed by atoms with Crippen LogP contribution in [0.15, 0.2) is 11.6 Å². The van der Waals surface area contributed by atoms with Gasteiger partial charge in [-0.05, 0) is 31.6 Å². The van der Waals surface area contributed by atoms with Crippen molar-refractivity contribution in [2.24, 2.45) is 17.3 Å². The Bertz CT molecular complexity index is 293. The van der Waals surface area contributed by atoms with Crippen LogP contribution in [0.2, 0.25) is 0 Å². The number of esters is 1. The van der Waals surface area contributed by atoms with Crippen LogP contribution in [-0.4, -0.2) is 12.6 Å². The number of fused-ring (bicyclic) bond motifs is 1. The van der Waals surface area contributed by atoms with Gasteiger partial charge in [0.25, 0.3) is 0 Å². The van der Waals surface area contributed by atoms with Gasteiger partial charge in [-0.1, -0.05) is 18.6 Å². The van der Waals surface area contributed by atoms with Gasteiger partial charge in [0, 0.05) is 12.3 Å². The zero-order valence-corrected chi connectivity index (χ0v) is 9.17. The molecule has 3 atom stereocenters.